The Kier molecular flexibility index (Phi) is 3.39. The third-order valence-electron chi connectivity index (χ3n) is 1.47. The van der Waals surface area contributed by atoms with Gasteiger partial charge in [0.2, 0.25) is 0 Å². The first-order valence-electron chi connectivity index (χ1n) is 3.60. The zero-order chi connectivity index (χ0) is 9.73. The summed E-state index contributed by atoms with van der Waals surface area (Å²) in [5, 5.41) is 21.2. The van der Waals surface area contributed by atoms with Crippen molar-refractivity contribution in [2.75, 3.05) is 0 Å². The molecule has 0 saturated carbocycles. The van der Waals surface area contributed by atoms with E-state index in [1.165, 1.54) is 0 Å². The zero-order valence-corrected chi connectivity index (χ0v) is 7.71. The summed E-state index contributed by atoms with van der Waals surface area (Å²) in [6, 6.07) is 8.43. The van der Waals surface area contributed by atoms with Crippen molar-refractivity contribution in [2.24, 2.45) is 0 Å². The lowest BCUT2D eigenvalue weighted by atomic mass is 10.2. The SMILES string of the molecule is C=S=[C]NC(O)(O)c1ccccc1. The monoisotopic (exact) mass is 196 g/mol. The number of hydrogen-bond donors (Lipinski definition) is 3. The minimum absolute atomic E-state index is 0.358. The van der Waals surface area contributed by atoms with Gasteiger partial charge in [0.05, 0.1) is 0 Å². The maximum Gasteiger partial charge on any atom is 0.255 e. The highest BCUT2D eigenvalue weighted by Crippen LogP contribution is 2.12. The molecule has 1 radical (unpaired) electrons. The molecular weight excluding hydrogens is 186 g/mol. The lowest BCUT2D eigenvalue weighted by molar-refractivity contribution is -0.180. The fraction of sp³-hybridized carbons (Fsp3) is 0.111. The maximum absolute atomic E-state index is 9.46. The van der Waals surface area contributed by atoms with Crippen LogP contribution in [0.4, 0.5) is 0 Å². The number of rotatable bonds is 3. The van der Waals surface area contributed by atoms with E-state index in [2.05, 4.69) is 16.7 Å². The molecule has 0 aromatic heterocycles. The Morgan fingerprint density at radius 1 is 1.31 bits per heavy atom. The molecule has 0 atom stereocenters. The number of hydrogen-bond acceptors (Lipinski definition) is 2. The van der Waals surface area contributed by atoms with Gasteiger partial charge in [-0.1, -0.05) is 30.3 Å². The minimum Gasteiger partial charge on any atom is -0.349 e. The predicted molar refractivity (Wildman–Crippen MR) is 55.4 cm³/mol. The van der Waals surface area contributed by atoms with Crippen LogP contribution < -0.4 is 5.32 Å². The predicted octanol–water partition coefficient (Wildman–Crippen LogP) is 0.173. The highest BCUT2D eigenvalue weighted by Gasteiger charge is 2.23. The van der Waals surface area contributed by atoms with Crippen molar-refractivity contribution in [3.8, 4) is 0 Å². The van der Waals surface area contributed by atoms with Crippen molar-refractivity contribution in [1.29, 1.82) is 0 Å². The molecule has 3 nitrogen and oxygen atoms in total. The quantitative estimate of drug-likeness (QED) is 0.367. The molecule has 0 fully saturated rings. The van der Waals surface area contributed by atoms with Crippen molar-refractivity contribution in [3.05, 3.63) is 35.9 Å². The Hall–Kier alpha value is -0.940. The molecule has 0 amide bonds. The fourth-order valence-electron chi connectivity index (χ4n) is 0.850. The van der Waals surface area contributed by atoms with Gasteiger partial charge in [-0.2, -0.15) is 0 Å². The Morgan fingerprint density at radius 3 is 2.46 bits per heavy atom. The second kappa shape index (κ2) is 4.34. The average Bonchev–Trinajstić information content (AvgIpc) is 2.16. The molecule has 0 aliphatic rings. The first-order valence-corrected chi connectivity index (χ1v) is 4.59. The molecule has 3 N–H and O–H groups in total. The van der Waals surface area contributed by atoms with Crippen molar-refractivity contribution >= 4 is 22.3 Å². The van der Waals surface area contributed by atoms with Gasteiger partial charge in [-0.15, -0.1) is 10.9 Å². The van der Waals surface area contributed by atoms with Gasteiger partial charge < -0.3 is 10.2 Å². The van der Waals surface area contributed by atoms with Crippen LogP contribution >= 0.6 is 10.9 Å². The molecule has 13 heavy (non-hydrogen) atoms. The van der Waals surface area contributed by atoms with Crippen LogP contribution in [0.25, 0.3) is 0 Å². The van der Waals surface area contributed by atoms with Gasteiger partial charge in [0.15, 0.2) is 0 Å². The molecule has 69 valence electrons. The Morgan fingerprint density at radius 2 is 1.92 bits per heavy atom. The average molecular weight is 196 g/mol. The van der Waals surface area contributed by atoms with E-state index >= 15 is 0 Å². The first kappa shape index (κ1) is 10.1. The molecule has 1 aromatic rings. The summed E-state index contributed by atoms with van der Waals surface area (Å²) >= 11 is 0. The second-order valence-electron chi connectivity index (χ2n) is 2.41. The van der Waals surface area contributed by atoms with E-state index in [-0.39, 0.29) is 0 Å². The topological polar surface area (TPSA) is 52.5 Å². The van der Waals surface area contributed by atoms with Gasteiger partial charge in [-0.05, 0) is 5.87 Å². The highest BCUT2D eigenvalue weighted by molar-refractivity contribution is 7.94. The Bertz CT molecular complexity index is 318. The summed E-state index contributed by atoms with van der Waals surface area (Å²) in [5.74, 6) is 1.33. The lowest BCUT2D eigenvalue weighted by Crippen LogP contribution is -2.40. The lowest BCUT2D eigenvalue weighted by Gasteiger charge is -2.20. The molecular formula is C9H10NO2S. The summed E-state index contributed by atoms with van der Waals surface area (Å²) in [6.45, 7) is 0. The molecule has 0 saturated heterocycles. The third-order valence-corrected chi connectivity index (χ3v) is 1.72. The molecule has 0 unspecified atom stereocenters. The van der Waals surface area contributed by atoms with Crippen LogP contribution in [0.2, 0.25) is 0 Å². The van der Waals surface area contributed by atoms with Gasteiger partial charge in [-0.25, -0.2) is 5.32 Å². The van der Waals surface area contributed by atoms with Crippen LogP contribution in [0.3, 0.4) is 0 Å². The molecule has 0 aliphatic heterocycles. The molecule has 0 heterocycles. The van der Waals surface area contributed by atoms with Crippen LogP contribution in [0.1, 0.15) is 5.56 Å². The first-order chi connectivity index (χ1) is 6.17. The third kappa shape index (κ3) is 2.78. The van der Waals surface area contributed by atoms with E-state index in [0.717, 1.165) is 10.9 Å². The van der Waals surface area contributed by atoms with E-state index < -0.39 is 5.91 Å². The molecule has 1 aromatic carbocycles. The molecule has 1 rings (SSSR count). The Balaban J connectivity index is 2.87. The summed E-state index contributed by atoms with van der Waals surface area (Å²) in [5.41, 5.74) is 2.80. The van der Waals surface area contributed by atoms with E-state index in [9.17, 15) is 10.2 Å². The van der Waals surface area contributed by atoms with Crippen LogP contribution in [0.15, 0.2) is 30.3 Å². The summed E-state index contributed by atoms with van der Waals surface area (Å²) in [4.78, 5) is 0. The number of benzene rings is 1. The molecule has 0 bridgehead atoms. The van der Waals surface area contributed by atoms with Crippen molar-refractivity contribution in [3.63, 3.8) is 0 Å². The largest absolute Gasteiger partial charge is 0.349 e. The van der Waals surface area contributed by atoms with Gasteiger partial charge in [0, 0.05) is 5.56 Å². The fourth-order valence-corrected chi connectivity index (χ4v) is 1.06. The van der Waals surface area contributed by atoms with Crippen LogP contribution in [-0.4, -0.2) is 21.6 Å². The standard InChI is InChI=1S/C9H10NO2S/c1-13-7-10-9(11,12)8-5-3-2-4-6-8/h2-6,10-12H,1H2. The smallest absolute Gasteiger partial charge is 0.255 e. The zero-order valence-electron chi connectivity index (χ0n) is 6.90. The van der Waals surface area contributed by atoms with E-state index in [0.29, 0.717) is 5.56 Å². The highest BCUT2D eigenvalue weighted by atomic mass is 32.1. The van der Waals surface area contributed by atoms with Crippen LogP contribution in [0, 0.1) is 0 Å². The van der Waals surface area contributed by atoms with Crippen LogP contribution in [-0.2, 0) is 5.91 Å². The number of aliphatic hydroxyl groups is 2. The van der Waals surface area contributed by atoms with Gasteiger partial charge in [0.1, 0.15) is 5.49 Å². The normalized spacial score (nSPS) is 10.9. The minimum atomic E-state index is -2.08. The summed E-state index contributed by atoms with van der Waals surface area (Å²) in [6.07, 6.45) is 0. The number of nitrogens with one attached hydrogen (secondary N) is 1. The van der Waals surface area contributed by atoms with E-state index in [1.807, 2.05) is 0 Å². The summed E-state index contributed by atoms with van der Waals surface area (Å²) < 4.78 is 0. The second-order valence-corrected chi connectivity index (χ2v) is 2.90. The van der Waals surface area contributed by atoms with Crippen molar-refractivity contribution in [1.82, 2.24) is 5.32 Å². The molecule has 0 aliphatic carbocycles. The Labute approximate surface area is 80.2 Å². The van der Waals surface area contributed by atoms with E-state index in [1.54, 1.807) is 30.3 Å². The van der Waals surface area contributed by atoms with Crippen molar-refractivity contribution < 1.29 is 10.2 Å². The van der Waals surface area contributed by atoms with Crippen LogP contribution in [0.5, 0.6) is 0 Å². The van der Waals surface area contributed by atoms with Gasteiger partial charge in [0.25, 0.3) is 5.91 Å². The van der Waals surface area contributed by atoms with Gasteiger partial charge >= 0.3 is 0 Å². The van der Waals surface area contributed by atoms with E-state index in [4.69, 9.17) is 0 Å². The molecule has 4 heteroatoms. The maximum atomic E-state index is 9.46. The molecule has 0 spiro atoms. The van der Waals surface area contributed by atoms with Gasteiger partial charge in [-0.3, -0.25) is 0 Å². The van der Waals surface area contributed by atoms with Crippen molar-refractivity contribution in [2.45, 2.75) is 5.91 Å². The summed E-state index contributed by atoms with van der Waals surface area (Å²) in [7, 11) is 0.992.